The maximum absolute atomic E-state index is 12.4. The van der Waals surface area contributed by atoms with Crippen LogP contribution in [-0.2, 0) is 22.6 Å². The molecule has 0 unspecified atom stereocenters. The van der Waals surface area contributed by atoms with Gasteiger partial charge in [-0.25, -0.2) is 4.98 Å². The number of aliphatic carboxylic acids is 1. The van der Waals surface area contributed by atoms with Gasteiger partial charge in [0.25, 0.3) is 5.56 Å². The Morgan fingerprint density at radius 3 is 2.62 bits per heavy atom. The number of nitrogens with zero attached hydrogens (tertiary/aromatic N) is 2. The molecule has 1 aromatic carbocycles. The third-order valence-electron chi connectivity index (χ3n) is 3.08. The Labute approximate surface area is 120 Å². The number of carboxylic acids is 1. The molecule has 0 atom stereocenters. The number of carbonyl (C=O) groups excluding carboxylic acids is 1. The molecule has 7 heteroatoms. The Kier molecular flexibility index (Phi) is 4.32. The van der Waals surface area contributed by atoms with Crippen molar-refractivity contribution < 1.29 is 14.7 Å². The van der Waals surface area contributed by atoms with Crippen LogP contribution in [0.3, 0.4) is 0 Å². The van der Waals surface area contributed by atoms with Crippen molar-refractivity contribution in [3.8, 4) is 0 Å². The van der Waals surface area contributed by atoms with E-state index in [2.05, 4.69) is 4.98 Å². The molecule has 0 saturated heterocycles. The predicted octanol–water partition coefficient (Wildman–Crippen LogP) is 0.289. The number of para-hydroxylation sites is 1. The highest BCUT2D eigenvalue weighted by atomic mass is 16.4. The SMILES string of the molecule is NC(=O)CCn1c(CCC(=O)O)nc2ccccc2c1=O. The number of amides is 1. The van der Waals surface area contributed by atoms with E-state index in [4.69, 9.17) is 10.8 Å². The number of aryl methyl sites for hydroxylation is 1. The van der Waals surface area contributed by atoms with Gasteiger partial charge in [-0.2, -0.15) is 0 Å². The van der Waals surface area contributed by atoms with Gasteiger partial charge in [0, 0.05) is 19.4 Å². The first-order valence-electron chi connectivity index (χ1n) is 6.47. The van der Waals surface area contributed by atoms with Crippen LogP contribution in [0.15, 0.2) is 29.1 Å². The second-order valence-corrected chi connectivity index (χ2v) is 4.61. The Balaban J connectivity index is 2.50. The molecule has 110 valence electrons. The summed E-state index contributed by atoms with van der Waals surface area (Å²) >= 11 is 0. The van der Waals surface area contributed by atoms with E-state index in [1.54, 1.807) is 24.3 Å². The summed E-state index contributed by atoms with van der Waals surface area (Å²) in [5, 5.41) is 9.21. The van der Waals surface area contributed by atoms with Crippen LogP contribution in [0.5, 0.6) is 0 Å². The fourth-order valence-electron chi connectivity index (χ4n) is 2.08. The van der Waals surface area contributed by atoms with Gasteiger partial charge < -0.3 is 10.8 Å². The van der Waals surface area contributed by atoms with Crippen molar-refractivity contribution in [2.45, 2.75) is 25.8 Å². The normalized spacial score (nSPS) is 10.7. The van der Waals surface area contributed by atoms with Gasteiger partial charge in [-0.15, -0.1) is 0 Å². The van der Waals surface area contributed by atoms with Gasteiger partial charge in [-0.05, 0) is 12.1 Å². The number of carboxylic acid groups (broad SMARTS) is 1. The minimum atomic E-state index is -0.973. The van der Waals surface area contributed by atoms with Gasteiger partial charge in [0.05, 0.1) is 17.3 Å². The zero-order chi connectivity index (χ0) is 15.4. The molecule has 0 fully saturated rings. The fourth-order valence-corrected chi connectivity index (χ4v) is 2.08. The molecule has 7 nitrogen and oxygen atoms in total. The third-order valence-corrected chi connectivity index (χ3v) is 3.08. The number of hydrogen-bond donors (Lipinski definition) is 2. The lowest BCUT2D eigenvalue weighted by Gasteiger charge is -2.12. The van der Waals surface area contributed by atoms with Crippen molar-refractivity contribution in [2.24, 2.45) is 5.73 Å². The van der Waals surface area contributed by atoms with Crippen LogP contribution in [-0.4, -0.2) is 26.5 Å². The van der Waals surface area contributed by atoms with Gasteiger partial charge >= 0.3 is 5.97 Å². The van der Waals surface area contributed by atoms with Gasteiger partial charge in [0.1, 0.15) is 5.82 Å². The summed E-state index contributed by atoms with van der Waals surface area (Å²) in [7, 11) is 0. The van der Waals surface area contributed by atoms with Crippen LogP contribution < -0.4 is 11.3 Å². The first kappa shape index (κ1) is 14.7. The molecular formula is C14H15N3O4. The molecule has 0 aliphatic rings. The van der Waals surface area contributed by atoms with Crippen molar-refractivity contribution in [1.82, 2.24) is 9.55 Å². The molecule has 1 amide bonds. The maximum Gasteiger partial charge on any atom is 0.303 e. The average molecular weight is 289 g/mol. The summed E-state index contributed by atoms with van der Waals surface area (Å²) in [6.45, 7) is 0.0982. The lowest BCUT2D eigenvalue weighted by molar-refractivity contribution is -0.137. The Morgan fingerprint density at radius 2 is 1.95 bits per heavy atom. The van der Waals surface area contributed by atoms with Crippen molar-refractivity contribution in [3.63, 3.8) is 0 Å². The lowest BCUT2D eigenvalue weighted by Crippen LogP contribution is -2.28. The van der Waals surface area contributed by atoms with Crippen LogP contribution in [0.1, 0.15) is 18.7 Å². The Morgan fingerprint density at radius 1 is 1.24 bits per heavy atom. The van der Waals surface area contributed by atoms with Crippen LogP contribution >= 0.6 is 0 Å². The number of rotatable bonds is 6. The van der Waals surface area contributed by atoms with E-state index in [0.29, 0.717) is 16.7 Å². The number of fused-ring (bicyclic) bond motifs is 1. The molecule has 0 aliphatic heterocycles. The summed E-state index contributed by atoms with van der Waals surface area (Å²) in [6, 6.07) is 6.82. The summed E-state index contributed by atoms with van der Waals surface area (Å²) in [4.78, 5) is 38.4. The number of carbonyl (C=O) groups is 2. The molecule has 1 aromatic heterocycles. The van der Waals surface area contributed by atoms with Crippen LogP contribution in [0.4, 0.5) is 0 Å². The molecule has 0 saturated carbocycles. The van der Waals surface area contributed by atoms with E-state index in [9.17, 15) is 14.4 Å². The fraction of sp³-hybridized carbons (Fsp3) is 0.286. The number of aromatic nitrogens is 2. The molecule has 21 heavy (non-hydrogen) atoms. The van der Waals surface area contributed by atoms with E-state index in [0.717, 1.165) is 0 Å². The first-order valence-corrected chi connectivity index (χ1v) is 6.47. The van der Waals surface area contributed by atoms with E-state index in [1.165, 1.54) is 4.57 Å². The quantitative estimate of drug-likeness (QED) is 0.793. The maximum atomic E-state index is 12.4. The third kappa shape index (κ3) is 3.44. The van der Waals surface area contributed by atoms with Crippen LogP contribution in [0.25, 0.3) is 10.9 Å². The van der Waals surface area contributed by atoms with Crippen molar-refractivity contribution >= 4 is 22.8 Å². The lowest BCUT2D eigenvalue weighted by atomic mass is 10.2. The first-order chi connectivity index (χ1) is 9.99. The van der Waals surface area contributed by atoms with Gasteiger partial charge in [-0.1, -0.05) is 12.1 Å². The number of primary amides is 1. The molecule has 3 N–H and O–H groups in total. The highest BCUT2D eigenvalue weighted by molar-refractivity contribution is 5.77. The predicted molar refractivity (Wildman–Crippen MR) is 75.8 cm³/mol. The topological polar surface area (TPSA) is 115 Å². The second-order valence-electron chi connectivity index (χ2n) is 4.61. The Hall–Kier alpha value is -2.70. The molecule has 0 spiro atoms. The molecule has 2 rings (SSSR count). The van der Waals surface area contributed by atoms with Gasteiger partial charge in [0.2, 0.25) is 5.91 Å². The summed E-state index contributed by atoms with van der Waals surface area (Å²) in [5.74, 6) is -1.15. The number of hydrogen-bond acceptors (Lipinski definition) is 4. The highest BCUT2D eigenvalue weighted by Crippen LogP contribution is 2.09. The monoisotopic (exact) mass is 289 g/mol. The van der Waals surface area contributed by atoms with E-state index >= 15 is 0 Å². The second kappa shape index (κ2) is 6.17. The van der Waals surface area contributed by atoms with Gasteiger partial charge in [0.15, 0.2) is 0 Å². The molecule has 0 aliphatic carbocycles. The zero-order valence-electron chi connectivity index (χ0n) is 11.3. The number of benzene rings is 1. The van der Waals surface area contributed by atoms with E-state index < -0.39 is 11.9 Å². The van der Waals surface area contributed by atoms with Crippen LogP contribution in [0, 0.1) is 0 Å². The molecule has 1 heterocycles. The van der Waals surface area contributed by atoms with Crippen molar-refractivity contribution in [1.29, 1.82) is 0 Å². The average Bonchev–Trinajstić information content (AvgIpc) is 2.44. The standard InChI is InChI=1S/C14H15N3O4/c15-11(18)7-8-17-12(5-6-13(19)20)16-10-4-2-1-3-9(10)14(17)21/h1-4H,5-8H2,(H2,15,18)(H,19,20). The molecule has 2 aromatic rings. The van der Waals surface area contributed by atoms with E-state index in [-0.39, 0.29) is 31.4 Å². The van der Waals surface area contributed by atoms with Crippen molar-refractivity contribution in [3.05, 3.63) is 40.4 Å². The summed E-state index contributed by atoms with van der Waals surface area (Å²) in [6.07, 6.45) is -0.0183. The summed E-state index contributed by atoms with van der Waals surface area (Å²) in [5.41, 5.74) is 5.33. The van der Waals surface area contributed by atoms with Crippen molar-refractivity contribution in [2.75, 3.05) is 0 Å². The highest BCUT2D eigenvalue weighted by Gasteiger charge is 2.12. The summed E-state index contributed by atoms with van der Waals surface area (Å²) < 4.78 is 1.33. The molecular weight excluding hydrogens is 274 g/mol. The Bertz CT molecular complexity index is 751. The van der Waals surface area contributed by atoms with E-state index in [1.807, 2.05) is 0 Å². The molecule has 0 bridgehead atoms. The number of nitrogens with two attached hydrogens (primary N) is 1. The largest absolute Gasteiger partial charge is 0.481 e. The minimum Gasteiger partial charge on any atom is -0.481 e. The smallest absolute Gasteiger partial charge is 0.303 e. The minimum absolute atomic E-state index is 0.00000165. The zero-order valence-corrected chi connectivity index (χ0v) is 11.3. The molecule has 0 radical (unpaired) electrons. The van der Waals surface area contributed by atoms with Crippen LogP contribution in [0.2, 0.25) is 0 Å². The van der Waals surface area contributed by atoms with Gasteiger partial charge in [-0.3, -0.25) is 19.0 Å².